The molecule has 10 heteroatoms. The van der Waals surface area contributed by atoms with Crippen LogP contribution in [0.3, 0.4) is 0 Å². The largest absolute Gasteiger partial charge is 0.353 e. The Morgan fingerprint density at radius 2 is 1.96 bits per heavy atom. The summed E-state index contributed by atoms with van der Waals surface area (Å²) in [5.41, 5.74) is 4.70. The Labute approximate surface area is 142 Å². The van der Waals surface area contributed by atoms with Crippen molar-refractivity contribution in [3.05, 3.63) is 32.7 Å². The Morgan fingerprint density at radius 3 is 2.54 bits per heavy atom. The molecule has 2 aliphatic rings. The molecule has 2 aromatic heterocycles. The third-order valence-electron chi connectivity index (χ3n) is 4.46. The summed E-state index contributed by atoms with van der Waals surface area (Å²) >= 11 is 0. The van der Waals surface area contributed by atoms with E-state index in [4.69, 9.17) is 11.6 Å². The van der Waals surface area contributed by atoms with E-state index in [0.29, 0.717) is 17.8 Å². The van der Waals surface area contributed by atoms with Crippen LogP contribution in [0.1, 0.15) is 25.3 Å². The van der Waals surface area contributed by atoms with Gasteiger partial charge in [-0.25, -0.2) is 14.2 Å². The van der Waals surface area contributed by atoms with Gasteiger partial charge in [-0.2, -0.15) is 4.68 Å². The van der Waals surface area contributed by atoms with Gasteiger partial charge in [-0.15, -0.1) is 12.4 Å². The highest BCUT2D eigenvalue weighted by Gasteiger charge is 2.30. The van der Waals surface area contributed by atoms with Crippen molar-refractivity contribution in [2.45, 2.75) is 31.3 Å². The standard InChI is InChI=1S/C14H17FN6O2.ClH/c15-10-5-9-11(18-12(10)19-4-3-7(16)6-19)20(8-1-2-8)14(23)21(17)13(9)22;/h5,7-8H,1-4,6,16-17H2;1H/t7-;/m0./s1. The van der Waals surface area contributed by atoms with E-state index in [9.17, 15) is 14.0 Å². The molecular weight excluding hydrogens is 339 g/mol. The zero-order valence-corrected chi connectivity index (χ0v) is 13.6. The predicted octanol–water partition coefficient (Wildman–Crippen LogP) is -0.295. The number of nitrogens with zero attached hydrogens (tertiary/aromatic N) is 4. The minimum absolute atomic E-state index is 0. The van der Waals surface area contributed by atoms with E-state index < -0.39 is 17.1 Å². The van der Waals surface area contributed by atoms with Crippen LogP contribution < -0.4 is 27.7 Å². The molecule has 1 aliphatic heterocycles. The van der Waals surface area contributed by atoms with Crippen LogP contribution in [0.25, 0.3) is 11.0 Å². The first-order valence-electron chi connectivity index (χ1n) is 7.61. The number of aromatic nitrogens is 3. The first kappa shape index (κ1) is 16.7. The van der Waals surface area contributed by atoms with Gasteiger partial charge in [0.1, 0.15) is 0 Å². The lowest BCUT2D eigenvalue weighted by molar-refractivity contribution is 0.610. The molecule has 1 saturated heterocycles. The molecule has 2 fully saturated rings. The number of hydrogen-bond donors (Lipinski definition) is 2. The molecule has 24 heavy (non-hydrogen) atoms. The Hall–Kier alpha value is -2.13. The maximum atomic E-state index is 14.4. The fourth-order valence-electron chi connectivity index (χ4n) is 3.10. The molecule has 1 aliphatic carbocycles. The molecule has 4 N–H and O–H groups in total. The van der Waals surface area contributed by atoms with Gasteiger partial charge in [-0.1, -0.05) is 0 Å². The number of nitrogens with two attached hydrogens (primary N) is 2. The zero-order valence-electron chi connectivity index (χ0n) is 12.8. The SMILES string of the molecule is Cl.N[C@H]1CCN(c2nc3c(cc2F)c(=O)n(N)c(=O)n3C2CC2)C1. The Kier molecular flexibility index (Phi) is 4.00. The average Bonchev–Trinajstić information content (AvgIpc) is 3.26. The number of halogens is 2. The molecular formula is C14H18ClFN6O2. The molecule has 0 unspecified atom stereocenters. The van der Waals surface area contributed by atoms with E-state index in [2.05, 4.69) is 4.98 Å². The van der Waals surface area contributed by atoms with E-state index in [0.717, 1.165) is 25.3 Å². The molecule has 0 amide bonds. The smallest absolute Gasteiger partial charge is 0.351 e. The first-order chi connectivity index (χ1) is 11.0. The van der Waals surface area contributed by atoms with Crippen molar-refractivity contribution >= 4 is 29.3 Å². The third kappa shape index (κ3) is 2.44. The minimum atomic E-state index is -0.738. The van der Waals surface area contributed by atoms with Crippen molar-refractivity contribution in [3.8, 4) is 0 Å². The second-order valence-corrected chi connectivity index (χ2v) is 6.22. The van der Waals surface area contributed by atoms with Crippen molar-refractivity contribution < 1.29 is 4.39 Å². The summed E-state index contributed by atoms with van der Waals surface area (Å²) in [6.45, 7) is 1.09. The molecule has 4 rings (SSSR count). The van der Waals surface area contributed by atoms with E-state index >= 15 is 0 Å². The highest BCUT2D eigenvalue weighted by atomic mass is 35.5. The summed E-state index contributed by atoms with van der Waals surface area (Å²) in [7, 11) is 0. The van der Waals surface area contributed by atoms with Gasteiger partial charge in [0, 0.05) is 25.2 Å². The number of hydrogen-bond acceptors (Lipinski definition) is 6. The second-order valence-electron chi connectivity index (χ2n) is 6.22. The van der Waals surface area contributed by atoms with Crippen LogP contribution in [0.2, 0.25) is 0 Å². The molecule has 0 aromatic carbocycles. The number of anilines is 1. The zero-order chi connectivity index (χ0) is 16.3. The Bertz CT molecular complexity index is 922. The number of nitrogen functional groups attached to an aromatic ring is 1. The number of rotatable bonds is 2. The predicted molar refractivity (Wildman–Crippen MR) is 90.7 cm³/mol. The van der Waals surface area contributed by atoms with E-state index in [-0.39, 0.29) is 41.3 Å². The van der Waals surface area contributed by atoms with E-state index in [1.807, 2.05) is 0 Å². The van der Waals surface area contributed by atoms with Crippen molar-refractivity contribution in [1.29, 1.82) is 0 Å². The monoisotopic (exact) mass is 356 g/mol. The quantitative estimate of drug-likeness (QED) is 0.715. The molecule has 8 nitrogen and oxygen atoms in total. The second kappa shape index (κ2) is 5.75. The molecule has 0 spiro atoms. The van der Waals surface area contributed by atoms with E-state index in [1.165, 1.54) is 4.57 Å². The van der Waals surface area contributed by atoms with Crippen LogP contribution in [0.5, 0.6) is 0 Å². The van der Waals surface area contributed by atoms with E-state index in [1.54, 1.807) is 4.90 Å². The molecule has 1 atom stereocenters. The van der Waals surface area contributed by atoms with Crippen LogP contribution in [0, 0.1) is 5.82 Å². The summed E-state index contributed by atoms with van der Waals surface area (Å²) in [5, 5.41) is 0.0174. The number of fused-ring (bicyclic) bond motifs is 1. The van der Waals surface area contributed by atoms with Gasteiger partial charge in [-0.3, -0.25) is 9.36 Å². The van der Waals surface area contributed by atoms with Crippen molar-refractivity contribution in [3.63, 3.8) is 0 Å². The van der Waals surface area contributed by atoms with Crippen LogP contribution in [-0.4, -0.2) is 33.4 Å². The van der Waals surface area contributed by atoms with Crippen LogP contribution >= 0.6 is 12.4 Å². The minimum Gasteiger partial charge on any atom is -0.353 e. The Balaban J connectivity index is 0.00000169. The van der Waals surface area contributed by atoms with Crippen LogP contribution in [0.15, 0.2) is 15.7 Å². The average molecular weight is 357 g/mol. The summed E-state index contributed by atoms with van der Waals surface area (Å²) in [4.78, 5) is 30.5. The highest BCUT2D eigenvalue weighted by molar-refractivity contribution is 5.85. The summed E-state index contributed by atoms with van der Waals surface area (Å²) in [6.07, 6.45) is 2.38. The van der Waals surface area contributed by atoms with Gasteiger partial charge >= 0.3 is 5.69 Å². The third-order valence-corrected chi connectivity index (χ3v) is 4.46. The van der Waals surface area contributed by atoms with Gasteiger partial charge in [0.15, 0.2) is 17.3 Å². The lowest BCUT2D eigenvalue weighted by atomic mass is 10.3. The lowest BCUT2D eigenvalue weighted by Crippen LogP contribution is -2.45. The van der Waals surface area contributed by atoms with Crippen molar-refractivity contribution in [2.75, 3.05) is 23.8 Å². The first-order valence-corrected chi connectivity index (χ1v) is 7.61. The summed E-state index contributed by atoms with van der Waals surface area (Å²) in [6, 6.07) is 1.05. The fraction of sp³-hybridized carbons (Fsp3) is 0.500. The molecule has 0 radical (unpaired) electrons. The molecule has 3 heterocycles. The molecule has 0 bridgehead atoms. The molecule has 2 aromatic rings. The lowest BCUT2D eigenvalue weighted by Gasteiger charge is -2.19. The highest BCUT2D eigenvalue weighted by Crippen LogP contribution is 2.35. The Morgan fingerprint density at radius 1 is 1.25 bits per heavy atom. The van der Waals surface area contributed by atoms with Crippen molar-refractivity contribution in [2.24, 2.45) is 5.73 Å². The van der Waals surface area contributed by atoms with Crippen LogP contribution in [-0.2, 0) is 0 Å². The van der Waals surface area contributed by atoms with Gasteiger partial charge < -0.3 is 16.5 Å². The molecule has 130 valence electrons. The maximum Gasteiger partial charge on any atom is 0.351 e. The topological polar surface area (TPSA) is 112 Å². The fourth-order valence-corrected chi connectivity index (χ4v) is 3.10. The van der Waals surface area contributed by atoms with Crippen LogP contribution in [0.4, 0.5) is 10.2 Å². The van der Waals surface area contributed by atoms with Gasteiger partial charge in [0.2, 0.25) is 0 Å². The van der Waals surface area contributed by atoms with Crippen molar-refractivity contribution in [1.82, 2.24) is 14.2 Å². The van der Waals surface area contributed by atoms with Gasteiger partial charge in [-0.05, 0) is 25.3 Å². The molecule has 1 saturated carbocycles. The van der Waals surface area contributed by atoms with Gasteiger partial charge in [0.05, 0.1) is 5.39 Å². The summed E-state index contributed by atoms with van der Waals surface area (Å²) in [5.74, 6) is 5.06. The normalized spacial score (nSPS) is 20.4. The van der Waals surface area contributed by atoms with Gasteiger partial charge in [0.25, 0.3) is 5.56 Å². The maximum absolute atomic E-state index is 14.4. The number of pyridine rings is 1. The summed E-state index contributed by atoms with van der Waals surface area (Å²) < 4.78 is 16.4.